The smallest absolute Gasteiger partial charge is 0.108 e. The Bertz CT molecular complexity index is 336. The van der Waals surface area contributed by atoms with Gasteiger partial charge in [-0.25, -0.2) is 0 Å². The molecule has 1 aromatic rings. The minimum Gasteiger partial charge on any atom is -0.383 e. The molecule has 1 heterocycles. The summed E-state index contributed by atoms with van der Waals surface area (Å²) in [5.74, 6) is 0. The van der Waals surface area contributed by atoms with Gasteiger partial charge in [0.25, 0.3) is 0 Å². The normalized spacial score (nSPS) is 19.6. The lowest BCUT2D eigenvalue weighted by Crippen LogP contribution is -2.34. The molecular weight excluding hydrogens is 209 g/mol. The molecule has 4 heteroatoms. The van der Waals surface area contributed by atoms with E-state index < -0.39 is 5.60 Å². The minimum absolute atomic E-state index is 0.453. The van der Waals surface area contributed by atoms with Gasteiger partial charge < -0.3 is 5.11 Å². The number of halogens is 2. The monoisotopic (exact) mass is 217 g/mol. The van der Waals surface area contributed by atoms with Crippen LogP contribution < -0.4 is 0 Å². The van der Waals surface area contributed by atoms with Gasteiger partial charge in [0.15, 0.2) is 0 Å². The molecule has 2 nitrogen and oxygen atoms in total. The molecule has 0 radical (unpaired) electrons. The number of rotatable bonds is 1. The highest BCUT2D eigenvalue weighted by Crippen LogP contribution is 2.42. The number of nitrogens with zero attached hydrogens (tertiary/aromatic N) is 1. The zero-order valence-electron chi connectivity index (χ0n) is 6.93. The van der Waals surface area contributed by atoms with Gasteiger partial charge in [-0.05, 0) is 25.3 Å². The quantitative estimate of drug-likeness (QED) is 0.786. The first-order valence-corrected chi connectivity index (χ1v) is 4.91. The molecule has 0 atom stereocenters. The van der Waals surface area contributed by atoms with Gasteiger partial charge in [-0.3, -0.25) is 4.98 Å². The highest BCUT2D eigenvalue weighted by atomic mass is 35.5. The molecule has 0 aromatic carbocycles. The van der Waals surface area contributed by atoms with E-state index in [0.717, 1.165) is 19.3 Å². The third kappa shape index (κ3) is 1.54. The Hall–Kier alpha value is -0.310. The molecule has 70 valence electrons. The van der Waals surface area contributed by atoms with Crippen LogP contribution in [-0.2, 0) is 5.60 Å². The lowest BCUT2D eigenvalue weighted by atomic mass is 9.77. The van der Waals surface area contributed by atoms with Crippen molar-refractivity contribution in [2.45, 2.75) is 24.9 Å². The van der Waals surface area contributed by atoms with Crippen molar-refractivity contribution in [3.63, 3.8) is 0 Å². The predicted molar refractivity (Wildman–Crippen MR) is 52.0 cm³/mol. The molecule has 1 aliphatic carbocycles. The van der Waals surface area contributed by atoms with Crippen LogP contribution in [0, 0.1) is 0 Å². The largest absolute Gasteiger partial charge is 0.383 e. The van der Waals surface area contributed by atoms with Gasteiger partial charge >= 0.3 is 0 Å². The van der Waals surface area contributed by atoms with Crippen molar-refractivity contribution >= 4 is 23.2 Å². The summed E-state index contributed by atoms with van der Waals surface area (Å²) < 4.78 is 0. The van der Waals surface area contributed by atoms with Crippen molar-refractivity contribution in [1.82, 2.24) is 4.98 Å². The van der Waals surface area contributed by atoms with Crippen LogP contribution in [0.2, 0.25) is 10.0 Å². The van der Waals surface area contributed by atoms with E-state index in [0.29, 0.717) is 15.7 Å². The summed E-state index contributed by atoms with van der Waals surface area (Å²) in [5, 5.41) is 10.9. The fourth-order valence-electron chi connectivity index (χ4n) is 1.51. The fraction of sp³-hybridized carbons (Fsp3) is 0.444. The Morgan fingerprint density at radius 2 is 2.08 bits per heavy atom. The Morgan fingerprint density at radius 1 is 1.38 bits per heavy atom. The average molecular weight is 218 g/mol. The summed E-state index contributed by atoms with van der Waals surface area (Å²) in [7, 11) is 0. The summed E-state index contributed by atoms with van der Waals surface area (Å²) >= 11 is 11.6. The molecule has 1 N–H and O–H groups in total. The fourth-order valence-corrected chi connectivity index (χ4v) is 2.06. The summed E-state index contributed by atoms with van der Waals surface area (Å²) in [4.78, 5) is 4.06. The standard InChI is InChI=1S/C9H9Cl2NO/c10-6-4-7(11)8(12-5-6)9(13)2-1-3-9/h4-5,13H,1-3H2. The van der Waals surface area contributed by atoms with Crippen LogP contribution in [0.3, 0.4) is 0 Å². The van der Waals surface area contributed by atoms with Gasteiger partial charge in [-0.2, -0.15) is 0 Å². The second-order valence-corrected chi connectivity index (χ2v) is 4.21. The molecule has 13 heavy (non-hydrogen) atoms. The maximum Gasteiger partial charge on any atom is 0.108 e. The zero-order chi connectivity index (χ0) is 9.47. The SMILES string of the molecule is OC1(c2ncc(Cl)cc2Cl)CCC1. The van der Waals surface area contributed by atoms with Gasteiger partial charge in [0, 0.05) is 6.20 Å². The second-order valence-electron chi connectivity index (χ2n) is 3.37. The van der Waals surface area contributed by atoms with Crippen LogP contribution >= 0.6 is 23.2 Å². The summed E-state index contributed by atoms with van der Waals surface area (Å²) in [6.07, 6.45) is 4.01. The topological polar surface area (TPSA) is 33.1 Å². The van der Waals surface area contributed by atoms with Crippen LogP contribution in [0.5, 0.6) is 0 Å². The maximum atomic E-state index is 9.96. The molecule has 2 rings (SSSR count). The molecule has 0 spiro atoms. The van der Waals surface area contributed by atoms with Crippen molar-refractivity contribution in [3.05, 3.63) is 28.0 Å². The van der Waals surface area contributed by atoms with Crippen LogP contribution in [0.25, 0.3) is 0 Å². The number of hydrogen-bond donors (Lipinski definition) is 1. The van der Waals surface area contributed by atoms with E-state index in [1.54, 1.807) is 6.07 Å². The lowest BCUT2D eigenvalue weighted by molar-refractivity contribution is -0.0425. The zero-order valence-corrected chi connectivity index (χ0v) is 8.44. The van der Waals surface area contributed by atoms with Crippen molar-refractivity contribution < 1.29 is 5.11 Å². The van der Waals surface area contributed by atoms with E-state index in [1.165, 1.54) is 6.20 Å². The third-order valence-corrected chi connectivity index (χ3v) is 2.92. The molecule has 1 saturated carbocycles. The lowest BCUT2D eigenvalue weighted by Gasteiger charge is -2.36. The van der Waals surface area contributed by atoms with Crippen LogP contribution in [0.1, 0.15) is 25.0 Å². The molecular formula is C9H9Cl2NO. The molecule has 1 aromatic heterocycles. The third-order valence-electron chi connectivity index (χ3n) is 2.43. The first kappa shape index (κ1) is 9.25. The first-order chi connectivity index (χ1) is 6.12. The van der Waals surface area contributed by atoms with E-state index in [-0.39, 0.29) is 0 Å². The van der Waals surface area contributed by atoms with Crippen molar-refractivity contribution in [2.75, 3.05) is 0 Å². The summed E-state index contributed by atoms with van der Waals surface area (Å²) in [6, 6.07) is 1.61. The van der Waals surface area contributed by atoms with E-state index in [2.05, 4.69) is 4.98 Å². The Balaban J connectivity index is 2.40. The number of aromatic nitrogens is 1. The molecule has 1 aliphatic rings. The van der Waals surface area contributed by atoms with Crippen molar-refractivity contribution in [1.29, 1.82) is 0 Å². The number of hydrogen-bond acceptors (Lipinski definition) is 2. The predicted octanol–water partition coefficient (Wildman–Crippen LogP) is 2.76. The average Bonchev–Trinajstić information content (AvgIpc) is 2.00. The first-order valence-electron chi connectivity index (χ1n) is 4.16. The van der Waals surface area contributed by atoms with Crippen LogP contribution in [-0.4, -0.2) is 10.1 Å². The Kier molecular flexibility index (Phi) is 2.22. The van der Waals surface area contributed by atoms with Crippen LogP contribution in [0.15, 0.2) is 12.3 Å². The Labute approximate surface area is 86.5 Å². The second kappa shape index (κ2) is 3.12. The van der Waals surface area contributed by atoms with Gasteiger partial charge in [-0.1, -0.05) is 23.2 Å². The van der Waals surface area contributed by atoms with Gasteiger partial charge in [-0.15, -0.1) is 0 Å². The molecule has 1 fully saturated rings. The van der Waals surface area contributed by atoms with Crippen molar-refractivity contribution in [2.24, 2.45) is 0 Å². The molecule has 0 unspecified atom stereocenters. The minimum atomic E-state index is -0.804. The Morgan fingerprint density at radius 3 is 2.54 bits per heavy atom. The molecule has 0 bridgehead atoms. The van der Waals surface area contributed by atoms with E-state index in [4.69, 9.17) is 23.2 Å². The summed E-state index contributed by atoms with van der Waals surface area (Å²) in [6.45, 7) is 0. The van der Waals surface area contributed by atoms with Crippen molar-refractivity contribution in [3.8, 4) is 0 Å². The number of aliphatic hydroxyl groups is 1. The molecule has 0 amide bonds. The highest BCUT2D eigenvalue weighted by molar-refractivity contribution is 6.34. The van der Waals surface area contributed by atoms with E-state index in [9.17, 15) is 5.11 Å². The van der Waals surface area contributed by atoms with E-state index >= 15 is 0 Å². The van der Waals surface area contributed by atoms with Gasteiger partial charge in [0.2, 0.25) is 0 Å². The van der Waals surface area contributed by atoms with E-state index in [1.807, 2.05) is 0 Å². The van der Waals surface area contributed by atoms with Gasteiger partial charge in [0.05, 0.1) is 15.7 Å². The number of pyridine rings is 1. The van der Waals surface area contributed by atoms with Gasteiger partial charge in [0.1, 0.15) is 5.60 Å². The molecule has 0 aliphatic heterocycles. The molecule has 0 saturated heterocycles. The highest BCUT2D eigenvalue weighted by Gasteiger charge is 2.39. The maximum absolute atomic E-state index is 9.96. The summed E-state index contributed by atoms with van der Waals surface area (Å²) in [5.41, 5.74) is -0.244. The van der Waals surface area contributed by atoms with Crippen LogP contribution in [0.4, 0.5) is 0 Å².